The molecule has 27 heavy (non-hydrogen) atoms. The second-order valence-electron chi connectivity index (χ2n) is 7.38. The molecule has 7 nitrogen and oxygen atoms in total. The predicted octanol–water partition coefficient (Wildman–Crippen LogP) is 2.02. The Morgan fingerprint density at radius 2 is 2.04 bits per heavy atom. The Kier molecular flexibility index (Phi) is 7.32. The molecule has 0 spiro atoms. The smallest absolute Gasteiger partial charge is 0.230 e. The molecule has 8 heteroatoms. The summed E-state index contributed by atoms with van der Waals surface area (Å²) in [7, 11) is 0. The van der Waals surface area contributed by atoms with Gasteiger partial charge in [-0.15, -0.1) is 16.8 Å². The Morgan fingerprint density at radius 3 is 2.74 bits per heavy atom. The van der Waals surface area contributed by atoms with Crippen molar-refractivity contribution in [3.63, 3.8) is 0 Å². The highest BCUT2D eigenvalue weighted by Gasteiger charge is 2.38. The number of ether oxygens (including phenoxy) is 1. The molecule has 0 aromatic carbocycles. The summed E-state index contributed by atoms with van der Waals surface area (Å²) in [5.74, 6) is 1.25. The average molecular weight is 394 g/mol. The number of hydrogen-bond donors (Lipinski definition) is 1. The third-order valence-electron chi connectivity index (χ3n) is 5.63. The van der Waals surface area contributed by atoms with Crippen molar-refractivity contribution in [2.24, 2.45) is 0 Å². The summed E-state index contributed by atoms with van der Waals surface area (Å²) in [5, 5.41) is 12.2. The summed E-state index contributed by atoms with van der Waals surface area (Å²) >= 11 is 1.43. The molecule has 2 fully saturated rings. The van der Waals surface area contributed by atoms with E-state index in [1.165, 1.54) is 31.0 Å². The van der Waals surface area contributed by atoms with Crippen LogP contribution in [0.15, 0.2) is 17.8 Å². The van der Waals surface area contributed by atoms with Crippen molar-refractivity contribution in [1.82, 2.24) is 25.0 Å². The maximum Gasteiger partial charge on any atom is 0.230 e. The number of rotatable bonds is 8. The molecule has 1 aliphatic heterocycles. The highest BCUT2D eigenvalue weighted by Crippen LogP contribution is 2.34. The van der Waals surface area contributed by atoms with Crippen LogP contribution in [0.4, 0.5) is 0 Å². The van der Waals surface area contributed by atoms with Crippen molar-refractivity contribution >= 4 is 17.7 Å². The minimum absolute atomic E-state index is 0.0593. The van der Waals surface area contributed by atoms with Gasteiger partial charge in [0.2, 0.25) is 5.91 Å². The summed E-state index contributed by atoms with van der Waals surface area (Å²) in [5.41, 5.74) is 0.0990. The van der Waals surface area contributed by atoms with E-state index < -0.39 is 0 Å². The number of amides is 1. The Morgan fingerprint density at radius 1 is 1.30 bits per heavy atom. The number of aromatic nitrogens is 3. The molecule has 2 heterocycles. The Bertz CT molecular complexity index is 636. The molecule has 2 aliphatic rings. The Balaban J connectivity index is 1.54. The van der Waals surface area contributed by atoms with Crippen LogP contribution in [0, 0.1) is 6.92 Å². The monoisotopic (exact) mass is 393 g/mol. The van der Waals surface area contributed by atoms with Gasteiger partial charge in [0.25, 0.3) is 0 Å². The zero-order valence-corrected chi connectivity index (χ0v) is 17.1. The number of allylic oxidation sites excluding steroid dienone is 1. The van der Waals surface area contributed by atoms with E-state index >= 15 is 0 Å². The molecule has 0 bridgehead atoms. The van der Waals surface area contributed by atoms with Gasteiger partial charge in [0.1, 0.15) is 5.82 Å². The minimum atomic E-state index is 0.0593. The van der Waals surface area contributed by atoms with Crippen LogP contribution in [0.3, 0.4) is 0 Å². The molecule has 0 unspecified atom stereocenters. The van der Waals surface area contributed by atoms with Crippen LogP contribution >= 0.6 is 11.8 Å². The van der Waals surface area contributed by atoms with Gasteiger partial charge in [0.05, 0.1) is 19.0 Å². The number of nitrogens with zero attached hydrogens (tertiary/aromatic N) is 4. The normalized spacial score (nSPS) is 20.3. The quantitative estimate of drug-likeness (QED) is 0.538. The molecule has 1 saturated carbocycles. The largest absolute Gasteiger partial charge is 0.379 e. The second-order valence-corrected chi connectivity index (χ2v) is 8.32. The first-order valence-corrected chi connectivity index (χ1v) is 10.9. The van der Waals surface area contributed by atoms with Crippen molar-refractivity contribution in [2.45, 2.75) is 56.3 Å². The molecule has 1 saturated heterocycles. The molecular formula is C19H31N5O2S. The maximum atomic E-state index is 12.5. The molecule has 1 aromatic rings. The van der Waals surface area contributed by atoms with Gasteiger partial charge in [0.15, 0.2) is 5.16 Å². The number of morpholine rings is 1. The van der Waals surface area contributed by atoms with Crippen LogP contribution in [0.2, 0.25) is 0 Å². The van der Waals surface area contributed by atoms with Gasteiger partial charge in [-0.3, -0.25) is 9.69 Å². The first-order valence-electron chi connectivity index (χ1n) is 9.88. The van der Waals surface area contributed by atoms with Gasteiger partial charge in [-0.25, -0.2) is 0 Å². The molecular weight excluding hydrogens is 362 g/mol. The van der Waals surface area contributed by atoms with E-state index in [0.29, 0.717) is 12.3 Å². The van der Waals surface area contributed by atoms with Gasteiger partial charge in [-0.1, -0.05) is 37.1 Å². The van der Waals surface area contributed by atoms with Crippen LogP contribution in [0.1, 0.15) is 37.9 Å². The number of aryl methyl sites for hydroxylation is 1. The van der Waals surface area contributed by atoms with Gasteiger partial charge >= 0.3 is 0 Å². The van der Waals surface area contributed by atoms with Crippen molar-refractivity contribution < 1.29 is 9.53 Å². The van der Waals surface area contributed by atoms with Gasteiger partial charge in [-0.05, 0) is 19.8 Å². The zero-order chi connectivity index (χ0) is 19.1. The molecule has 0 atom stereocenters. The fourth-order valence-electron chi connectivity index (χ4n) is 4.10. The summed E-state index contributed by atoms with van der Waals surface area (Å²) in [6.45, 7) is 10.6. The molecule has 1 aliphatic carbocycles. The first kappa shape index (κ1) is 20.4. The molecule has 3 rings (SSSR count). The highest BCUT2D eigenvalue weighted by atomic mass is 32.2. The van der Waals surface area contributed by atoms with Gasteiger partial charge in [-0.2, -0.15) is 0 Å². The van der Waals surface area contributed by atoms with Crippen LogP contribution in [0.5, 0.6) is 0 Å². The second kappa shape index (κ2) is 9.71. The lowest BCUT2D eigenvalue weighted by Crippen LogP contribution is -2.59. The van der Waals surface area contributed by atoms with Crippen LogP contribution in [-0.2, 0) is 16.1 Å². The number of nitrogens with one attached hydrogen (secondary N) is 1. The summed E-state index contributed by atoms with van der Waals surface area (Å²) in [6, 6.07) is 0. The van der Waals surface area contributed by atoms with Crippen LogP contribution in [-0.4, -0.2) is 69.7 Å². The lowest BCUT2D eigenvalue weighted by Gasteiger charge is -2.48. The van der Waals surface area contributed by atoms with Crippen LogP contribution in [0.25, 0.3) is 0 Å². The lowest BCUT2D eigenvalue weighted by molar-refractivity contribution is -0.119. The summed E-state index contributed by atoms with van der Waals surface area (Å²) in [4.78, 5) is 15.1. The van der Waals surface area contributed by atoms with Crippen molar-refractivity contribution in [1.29, 1.82) is 0 Å². The number of hydrogen-bond acceptors (Lipinski definition) is 6. The third kappa shape index (κ3) is 5.12. The fourth-order valence-corrected chi connectivity index (χ4v) is 4.93. The first-order chi connectivity index (χ1) is 13.1. The van der Waals surface area contributed by atoms with E-state index in [9.17, 15) is 4.79 Å². The van der Waals surface area contributed by atoms with E-state index in [-0.39, 0.29) is 11.4 Å². The van der Waals surface area contributed by atoms with E-state index in [2.05, 4.69) is 27.0 Å². The van der Waals surface area contributed by atoms with Gasteiger partial charge in [0, 0.05) is 31.7 Å². The summed E-state index contributed by atoms with van der Waals surface area (Å²) < 4.78 is 7.50. The SMILES string of the molecule is C=CCn1c(C)nnc1SCC(=O)NCC1(N2CCOCC2)CCCCC1. The number of carbonyl (C=O) groups is 1. The third-order valence-corrected chi connectivity index (χ3v) is 6.59. The Hall–Kier alpha value is -1.38. The molecule has 1 aromatic heterocycles. The van der Waals surface area contributed by atoms with E-state index in [0.717, 1.165) is 56.7 Å². The Labute approximate surface area is 165 Å². The minimum Gasteiger partial charge on any atom is -0.379 e. The predicted molar refractivity (Wildman–Crippen MR) is 107 cm³/mol. The molecule has 1 amide bonds. The summed E-state index contributed by atoms with van der Waals surface area (Å²) in [6.07, 6.45) is 7.92. The number of carbonyl (C=O) groups excluding carboxylic acids is 1. The number of thioether (sulfide) groups is 1. The maximum absolute atomic E-state index is 12.5. The van der Waals surface area contributed by atoms with E-state index in [1.54, 1.807) is 0 Å². The average Bonchev–Trinajstić information content (AvgIpc) is 3.06. The van der Waals surface area contributed by atoms with Crippen LogP contribution < -0.4 is 5.32 Å². The lowest BCUT2D eigenvalue weighted by atomic mass is 9.79. The van der Waals surface area contributed by atoms with Gasteiger partial charge < -0.3 is 14.6 Å². The standard InChI is InChI=1S/C19H31N5O2S/c1-3-9-24-16(2)21-22-18(24)27-14-17(25)20-15-19(7-5-4-6-8-19)23-10-12-26-13-11-23/h3H,1,4-15H2,2H3,(H,20,25). The van der Waals surface area contributed by atoms with E-state index in [4.69, 9.17) is 4.74 Å². The van der Waals surface area contributed by atoms with Crippen molar-refractivity contribution in [3.05, 3.63) is 18.5 Å². The molecule has 150 valence electrons. The molecule has 0 radical (unpaired) electrons. The van der Waals surface area contributed by atoms with E-state index in [1.807, 2.05) is 17.6 Å². The topological polar surface area (TPSA) is 72.3 Å². The fraction of sp³-hybridized carbons (Fsp3) is 0.737. The van der Waals surface area contributed by atoms with Crippen molar-refractivity contribution in [2.75, 3.05) is 38.6 Å². The highest BCUT2D eigenvalue weighted by molar-refractivity contribution is 7.99. The van der Waals surface area contributed by atoms with Crippen molar-refractivity contribution in [3.8, 4) is 0 Å². The molecule has 1 N–H and O–H groups in total. The zero-order valence-electron chi connectivity index (χ0n) is 16.3.